The van der Waals surface area contributed by atoms with Crippen LogP contribution < -0.4 is 40.6 Å². The minimum Gasteiger partial charge on any atom is -0.478 e. The van der Waals surface area contributed by atoms with Crippen LogP contribution in [0.25, 0.3) is 11.3 Å². The number of nitrogens with zero attached hydrogens (tertiary/aromatic N) is 7. The van der Waals surface area contributed by atoms with Gasteiger partial charge in [0.25, 0.3) is 11.8 Å². The van der Waals surface area contributed by atoms with Gasteiger partial charge >= 0.3 is 41.5 Å². The number of fused-ring (bicyclic) bond motifs is 1. The van der Waals surface area contributed by atoms with Crippen molar-refractivity contribution < 1.29 is 63.8 Å². The SMILES string of the molecule is CC(C)(O/N=C(\C(=O)N[C@@H]1C(=O)N2C(C(=O)O)=C(CSc3nc(Cn4cnc(-c5cccnc5)c4)cs3)CS[C@H]12)c1csc(N)n1)C(=O)O.[Na+]. The molecule has 0 unspecified atom stereocenters. The van der Waals surface area contributed by atoms with Crippen LogP contribution in [-0.2, 0) is 30.6 Å². The number of carbonyl (C=O) groups is 4. The predicted octanol–water partition coefficient (Wildman–Crippen LogP) is -0.393. The first-order valence-corrected chi connectivity index (χ1v) is 18.1. The first kappa shape index (κ1) is 37.5. The molecule has 0 spiro atoms. The standard InChI is InChI=1S/C29H27N9O7S4.Na/c1-29(2,26(43)44)45-36-19(18-12-47-27(30)34-18)22(39)35-20-23(40)38-21(25(41)42)15(9-46-24(20)38)10-48-28-33-16(11-49-28)7-37-8-17(32-13-37)14-4-3-5-31-6-14;/h3-6,8,11-13,20,24H,7,9-10H2,1-2H3,(H2,30,34)(H,35,39)(H,41,42)(H,43,44);/q;+1/b36-19-;/t20-,24-;/m1./s1. The second-order valence-electron chi connectivity index (χ2n) is 11.1. The van der Waals surface area contributed by atoms with Crippen molar-refractivity contribution in [2.75, 3.05) is 17.2 Å². The van der Waals surface area contributed by atoms with E-state index in [0.717, 1.165) is 32.6 Å². The molecule has 1 saturated heterocycles. The topological polar surface area (TPSA) is 228 Å². The van der Waals surface area contributed by atoms with E-state index in [1.807, 2.05) is 28.3 Å². The summed E-state index contributed by atoms with van der Waals surface area (Å²) in [5, 5.41) is 28.6. The van der Waals surface area contributed by atoms with Gasteiger partial charge < -0.3 is 30.7 Å². The van der Waals surface area contributed by atoms with E-state index in [1.165, 1.54) is 59.0 Å². The Hall–Kier alpha value is -3.79. The molecule has 2 atom stereocenters. The Bertz CT molecular complexity index is 2000. The van der Waals surface area contributed by atoms with Crippen molar-refractivity contribution in [3.05, 3.63) is 70.5 Å². The summed E-state index contributed by atoms with van der Waals surface area (Å²) in [6, 6.07) is 2.71. The molecule has 0 aliphatic carbocycles. The summed E-state index contributed by atoms with van der Waals surface area (Å²) in [7, 11) is 0. The number of nitrogens with two attached hydrogens (primary N) is 1. The first-order valence-electron chi connectivity index (χ1n) is 14.3. The molecule has 4 aromatic rings. The fourth-order valence-electron chi connectivity index (χ4n) is 4.68. The molecule has 6 rings (SSSR count). The van der Waals surface area contributed by atoms with Gasteiger partial charge in [-0.1, -0.05) is 16.9 Å². The second kappa shape index (κ2) is 15.6. The number of nitrogen functional groups attached to an aromatic ring is 1. The second-order valence-corrected chi connectivity index (χ2v) is 15.2. The molecule has 1 fully saturated rings. The maximum Gasteiger partial charge on any atom is 1.00 e. The number of pyridine rings is 1. The Labute approximate surface area is 322 Å². The van der Waals surface area contributed by atoms with Crippen LogP contribution in [0.5, 0.6) is 0 Å². The van der Waals surface area contributed by atoms with E-state index >= 15 is 0 Å². The molecule has 2 aliphatic heterocycles. The summed E-state index contributed by atoms with van der Waals surface area (Å²) in [6.45, 7) is 3.01. The van der Waals surface area contributed by atoms with Gasteiger partial charge in [-0.2, -0.15) is 0 Å². The smallest absolute Gasteiger partial charge is 0.478 e. The van der Waals surface area contributed by atoms with Gasteiger partial charge in [-0.05, 0) is 31.6 Å². The number of β-lactam (4-membered cyclic amide) rings is 1. The number of thiazole rings is 2. The third-order valence-corrected chi connectivity index (χ3v) is 11.4. The van der Waals surface area contributed by atoms with E-state index < -0.39 is 40.8 Å². The van der Waals surface area contributed by atoms with Crippen molar-refractivity contribution in [3.8, 4) is 11.3 Å². The van der Waals surface area contributed by atoms with Crippen LogP contribution >= 0.6 is 46.2 Å². The Balaban J connectivity index is 0.00000486. The van der Waals surface area contributed by atoms with Crippen molar-refractivity contribution in [1.29, 1.82) is 0 Å². The number of aliphatic carboxylic acids is 2. The molecular weight excluding hydrogens is 738 g/mol. The van der Waals surface area contributed by atoms with Crippen LogP contribution in [-0.4, -0.2) is 97.6 Å². The van der Waals surface area contributed by atoms with Gasteiger partial charge in [0.05, 0.1) is 24.3 Å². The fourth-order valence-corrected chi connectivity index (χ4v) is 8.55. The summed E-state index contributed by atoms with van der Waals surface area (Å²) in [5.41, 5.74) is 6.54. The Morgan fingerprint density at radius 3 is 2.70 bits per heavy atom. The molecule has 16 nitrogen and oxygen atoms in total. The van der Waals surface area contributed by atoms with Crippen LogP contribution in [0.2, 0.25) is 0 Å². The molecule has 5 N–H and O–H groups in total. The molecule has 6 heterocycles. The third kappa shape index (κ3) is 8.06. The van der Waals surface area contributed by atoms with Crippen LogP contribution in [0.4, 0.5) is 5.13 Å². The number of aromatic nitrogens is 5. The van der Waals surface area contributed by atoms with Crippen LogP contribution in [0.1, 0.15) is 25.2 Å². The quantitative estimate of drug-likeness (QED) is 0.0447. The first-order chi connectivity index (χ1) is 23.4. The fraction of sp³-hybridized carbons (Fsp3) is 0.276. The van der Waals surface area contributed by atoms with E-state index in [1.54, 1.807) is 18.7 Å². The number of rotatable bonds is 13. The Kier molecular flexibility index (Phi) is 11.7. The van der Waals surface area contributed by atoms with E-state index in [4.69, 9.17) is 10.6 Å². The molecule has 2 aliphatic rings. The van der Waals surface area contributed by atoms with Gasteiger partial charge in [0.2, 0.25) is 5.60 Å². The van der Waals surface area contributed by atoms with Crippen LogP contribution in [0, 0.1) is 0 Å². The average molecular weight is 765 g/mol. The van der Waals surface area contributed by atoms with E-state index in [0.29, 0.717) is 23.6 Å². The number of thioether (sulfide) groups is 2. The molecule has 0 radical (unpaired) electrons. The Morgan fingerprint density at radius 2 is 2.02 bits per heavy atom. The normalized spacial score (nSPS) is 17.4. The van der Waals surface area contributed by atoms with E-state index in [9.17, 15) is 29.4 Å². The summed E-state index contributed by atoms with van der Waals surface area (Å²) < 4.78 is 2.67. The summed E-state index contributed by atoms with van der Waals surface area (Å²) in [6.07, 6.45) is 7.09. The van der Waals surface area contributed by atoms with Gasteiger partial charge in [-0.15, -0.1) is 34.4 Å². The minimum absolute atomic E-state index is 0. The monoisotopic (exact) mass is 764 g/mol. The number of amides is 2. The van der Waals surface area contributed by atoms with Gasteiger partial charge in [-0.3, -0.25) is 19.5 Å². The maximum atomic E-state index is 13.3. The zero-order chi connectivity index (χ0) is 34.9. The van der Waals surface area contributed by atoms with Gasteiger partial charge in [-0.25, -0.2) is 24.5 Å². The number of imidazole rings is 1. The molecule has 50 heavy (non-hydrogen) atoms. The molecule has 0 aromatic carbocycles. The number of carboxylic acid groups (broad SMARTS) is 2. The molecule has 0 saturated carbocycles. The van der Waals surface area contributed by atoms with Crippen molar-refractivity contribution >= 4 is 80.8 Å². The summed E-state index contributed by atoms with van der Waals surface area (Å²) in [5.74, 6) is -3.45. The zero-order valence-corrected chi connectivity index (χ0v) is 31.9. The molecule has 21 heteroatoms. The van der Waals surface area contributed by atoms with Crippen LogP contribution in [0.15, 0.2) is 68.6 Å². The number of nitrogens with one attached hydrogen (secondary N) is 1. The van der Waals surface area contributed by atoms with E-state index in [-0.39, 0.29) is 51.8 Å². The third-order valence-electron chi connectivity index (χ3n) is 7.23. The summed E-state index contributed by atoms with van der Waals surface area (Å²) in [4.78, 5) is 74.1. The van der Waals surface area contributed by atoms with Gasteiger partial charge in [0.1, 0.15) is 22.8 Å². The molecule has 2 amide bonds. The van der Waals surface area contributed by atoms with Crippen molar-refractivity contribution in [3.63, 3.8) is 0 Å². The molecule has 254 valence electrons. The van der Waals surface area contributed by atoms with Gasteiger partial charge in [0.15, 0.2) is 15.2 Å². The summed E-state index contributed by atoms with van der Waals surface area (Å²) >= 11 is 5.16. The number of anilines is 1. The van der Waals surface area contributed by atoms with Gasteiger partial charge in [0, 0.05) is 46.4 Å². The van der Waals surface area contributed by atoms with E-state index in [2.05, 4.69) is 30.4 Å². The number of carboxylic acids is 2. The van der Waals surface area contributed by atoms with Crippen molar-refractivity contribution in [2.24, 2.45) is 5.16 Å². The molecule has 4 aromatic heterocycles. The number of hydrogen-bond donors (Lipinski definition) is 4. The number of oxime groups is 1. The minimum atomic E-state index is -1.77. The van der Waals surface area contributed by atoms with Crippen molar-refractivity contribution in [2.45, 2.75) is 41.7 Å². The number of hydrogen-bond acceptors (Lipinski definition) is 15. The largest absolute Gasteiger partial charge is 1.00 e. The zero-order valence-electron chi connectivity index (χ0n) is 26.7. The van der Waals surface area contributed by atoms with Crippen molar-refractivity contribution in [1.82, 2.24) is 34.7 Å². The Morgan fingerprint density at radius 1 is 1.22 bits per heavy atom. The molecule has 0 bridgehead atoms. The average Bonchev–Trinajstić information content (AvgIpc) is 3.84. The number of carbonyl (C=O) groups excluding carboxylic acids is 2. The maximum absolute atomic E-state index is 13.3. The molecular formula is C29H27N9NaO7S4+. The van der Waals surface area contributed by atoms with Crippen LogP contribution in [0.3, 0.4) is 0 Å². The predicted molar refractivity (Wildman–Crippen MR) is 183 cm³/mol.